The van der Waals surface area contributed by atoms with E-state index in [0.29, 0.717) is 0 Å². The number of nitrogens with zero attached hydrogens (tertiary/aromatic N) is 1. The summed E-state index contributed by atoms with van der Waals surface area (Å²) in [6.45, 7) is -0.152. The van der Waals surface area contributed by atoms with E-state index >= 15 is 0 Å². The Morgan fingerprint density at radius 3 is 2.60 bits per heavy atom. The molecule has 7 heteroatoms. The Bertz CT molecular complexity index is 495. The van der Waals surface area contributed by atoms with Crippen molar-refractivity contribution in [2.75, 3.05) is 18.8 Å². The number of likely N-dealkylation sites (tertiary alicyclic amines) is 1. The topological polar surface area (TPSA) is 46.3 Å². The molecule has 0 bridgehead atoms. The largest absolute Gasteiger partial charge is 0.399 e. The number of piperidine rings is 1. The zero-order valence-electron chi connectivity index (χ0n) is 10.6. The average molecular weight is 290 g/mol. The number of halogens is 4. The van der Waals surface area contributed by atoms with Crippen molar-refractivity contribution in [3.8, 4) is 0 Å². The third-order valence-electron chi connectivity index (χ3n) is 3.34. The number of alkyl halides is 3. The molecule has 1 aromatic carbocycles. The molecule has 3 nitrogen and oxygen atoms in total. The van der Waals surface area contributed by atoms with Crippen LogP contribution >= 0.6 is 0 Å². The predicted octanol–water partition coefficient (Wildman–Crippen LogP) is 2.82. The van der Waals surface area contributed by atoms with Gasteiger partial charge in [-0.3, -0.25) is 4.79 Å². The van der Waals surface area contributed by atoms with Crippen molar-refractivity contribution in [3.05, 3.63) is 29.6 Å². The molecule has 2 rings (SSSR count). The van der Waals surface area contributed by atoms with Crippen molar-refractivity contribution in [2.45, 2.75) is 19.0 Å². The van der Waals surface area contributed by atoms with Crippen molar-refractivity contribution in [2.24, 2.45) is 5.92 Å². The number of carbonyl (C=O) groups excluding carboxylic acids is 1. The SMILES string of the molecule is Nc1cc(F)cc(C(=O)N2CCCC(C(F)(F)F)C2)c1. The Labute approximate surface area is 113 Å². The van der Waals surface area contributed by atoms with Gasteiger partial charge in [0, 0.05) is 24.3 Å². The first-order valence-electron chi connectivity index (χ1n) is 6.19. The molecule has 1 heterocycles. The molecule has 1 atom stereocenters. The van der Waals surface area contributed by atoms with Crippen LogP contribution in [0, 0.1) is 11.7 Å². The first-order chi connectivity index (χ1) is 9.27. The zero-order valence-corrected chi connectivity index (χ0v) is 10.6. The molecule has 0 radical (unpaired) electrons. The third-order valence-corrected chi connectivity index (χ3v) is 3.34. The summed E-state index contributed by atoms with van der Waals surface area (Å²) in [6.07, 6.45) is -4.03. The molecule has 0 aromatic heterocycles. The van der Waals surface area contributed by atoms with Crippen LogP contribution in [0.25, 0.3) is 0 Å². The van der Waals surface area contributed by atoms with Gasteiger partial charge in [0.15, 0.2) is 0 Å². The van der Waals surface area contributed by atoms with Gasteiger partial charge in [0.25, 0.3) is 5.91 Å². The highest BCUT2D eigenvalue weighted by Crippen LogP contribution is 2.33. The van der Waals surface area contributed by atoms with Crippen molar-refractivity contribution in [1.29, 1.82) is 0 Å². The summed E-state index contributed by atoms with van der Waals surface area (Å²) in [5, 5.41) is 0. The summed E-state index contributed by atoms with van der Waals surface area (Å²) in [4.78, 5) is 13.2. The van der Waals surface area contributed by atoms with E-state index in [4.69, 9.17) is 5.73 Å². The fourth-order valence-electron chi connectivity index (χ4n) is 2.35. The molecule has 1 amide bonds. The fraction of sp³-hybridized carbons (Fsp3) is 0.462. The fourth-order valence-corrected chi connectivity index (χ4v) is 2.35. The number of nitrogens with two attached hydrogens (primary N) is 1. The molecule has 20 heavy (non-hydrogen) atoms. The summed E-state index contributed by atoms with van der Waals surface area (Å²) < 4.78 is 51.3. The molecule has 2 N–H and O–H groups in total. The number of carbonyl (C=O) groups is 1. The molecule has 0 aliphatic carbocycles. The molecule has 1 aromatic rings. The van der Waals surface area contributed by atoms with Crippen LogP contribution < -0.4 is 5.73 Å². The molecular formula is C13H14F4N2O. The van der Waals surface area contributed by atoms with Gasteiger partial charge >= 0.3 is 6.18 Å². The van der Waals surface area contributed by atoms with E-state index in [1.807, 2.05) is 0 Å². The smallest absolute Gasteiger partial charge is 0.393 e. The van der Waals surface area contributed by atoms with Crippen LogP contribution in [0.4, 0.5) is 23.2 Å². The summed E-state index contributed by atoms with van der Waals surface area (Å²) in [7, 11) is 0. The number of rotatable bonds is 1. The van der Waals surface area contributed by atoms with Crippen molar-refractivity contribution in [1.82, 2.24) is 4.90 Å². The van der Waals surface area contributed by atoms with Crippen molar-refractivity contribution >= 4 is 11.6 Å². The van der Waals surface area contributed by atoms with E-state index in [1.54, 1.807) is 0 Å². The van der Waals surface area contributed by atoms with Gasteiger partial charge < -0.3 is 10.6 Å². The molecule has 1 saturated heterocycles. The molecule has 1 unspecified atom stereocenters. The van der Waals surface area contributed by atoms with Gasteiger partial charge in [0.1, 0.15) is 5.82 Å². The lowest BCUT2D eigenvalue weighted by Crippen LogP contribution is -2.44. The highest BCUT2D eigenvalue weighted by Gasteiger charge is 2.42. The molecule has 1 fully saturated rings. The Balaban J connectivity index is 2.16. The molecule has 1 aliphatic rings. The van der Waals surface area contributed by atoms with E-state index < -0.39 is 30.4 Å². The van der Waals surface area contributed by atoms with Gasteiger partial charge in [-0.25, -0.2) is 4.39 Å². The molecule has 0 spiro atoms. The van der Waals surface area contributed by atoms with E-state index in [1.165, 1.54) is 6.07 Å². The number of amides is 1. The summed E-state index contributed by atoms with van der Waals surface area (Å²) in [5.41, 5.74) is 5.48. The second kappa shape index (κ2) is 5.30. The number of benzene rings is 1. The van der Waals surface area contributed by atoms with E-state index in [9.17, 15) is 22.4 Å². The van der Waals surface area contributed by atoms with Gasteiger partial charge in [-0.15, -0.1) is 0 Å². The minimum atomic E-state index is -4.32. The summed E-state index contributed by atoms with van der Waals surface area (Å²) >= 11 is 0. The Morgan fingerprint density at radius 2 is 2.00 bits per heavy atom. The number of hydrogen-bond acceptors (Lipinski definition) is 2. The number of nitrogen functional groups attached to an aromatic ring is 1. The minimum absolute atomic E-state index is 0.0125. The Hall–Kier alpha value is -1.79. The Morgan fingerprint density at radius 1 is 1.30 bits per heavy atom. The monoisotopic (exact) mass is 290 g/mol. The maximum atomic E-state index is 13.2. The van der Waals surface area contributed by atoms with Gasteiger partial charge in [-0.2, -0.15) is 13.2 Å². The summed E-state index contributed by atoms with van der Waals surface area (Å²) in [6, 6.07) is 3.30. The second-order valence-corrected chi connectivity index (χ2v) is 4.91. The van der Waals surface area contributed by atoms with Crippen LogP contribution in [-0.2, 0) is 0 Å². The van der Waals surface area contributed by atoms with Gasteiger partial charge in [0.05, 0.1) is 5.92 Å². The van der Waals surface area contributed by atoms with Crippen molar-refractivity contribution in [3.63, 3.8) is 0 Å². The van der Waals surface area contributed by atoms with E-state index in [0.717, 1.165) is 17.0 Å². The standard InChI is InChI=1S/C13H14F4N2O/c14-10-4-8(5-11(18)6-10)12(20)19-3-1-2-9(7-19)13(15,16)17/h4-6,9H,1-3,7,18H2. The normalized spacial score (nSPS) is 20.0. The Kier molecular flexibility index (Phi) is 3.87. The first kappa shape index (κ1) is 14.6. The van der Waals surface area contributed by atoms with Crippen LogP contribution in [0.15, 0.2) is 18.2 Å². The number of hydrogen-bond donors (Lipinski definition) is 1. The zero-order chi connectivity index (χ0) is 14.9. The van der Waals surface area contributed by atoms with Crippen LogP contribution in [0.5, 0.6) is 0 Å². The number of anilines is 1. The third kappa shape index (κ3) is 3.20. The highest BCUT2D eigenvalue weighted by molar-refractivity contribution is 5.95. The minimum Gasteiger partial charge on any atom is -0.399 e. The maximum Gasteiger partial charge on any atom is 0.393 e. The van der Waals surface area contributed by atoms with Gasteiger partial charge in [0.2, 0.25) is 0 Å². The van der Waals surface area contributed by atoms with Gasteiger partial charge in [-0.05, 0) is 31.0 Å². The second-order valence-electron chi connectivity index (χ2n) is 4.91. The van der Waals surface area contributed by atoms with Crippen LogP contribution in [-0.4, -0.2) is 30.1 Å². The van der Waals surface area contributed by atoms with E-state index in [-0.39, 0.29) is 30.6 Å². The maximum absolute atomic E-state index is 13.2. The van der Waals surface area contributed by atoms with Crippen molar-refractivity contribution < 1.29 is 22.4 Å². The predicted molar refractivity (Wildman–Crippen MR) is 65.5 cm³/mol. The molecule has 0 saturated carbocycles. The van der Waals surface area contributed by atoms with Crippen LogP contribution in [0.1, 0.15) is 23.2 Å². The van der Waals surface area contributed by atoms with E-state index in [2.05, 4.69) is 0 Å². The van der Waals surface area contributed by atoms with Gasteiger partial charge in [-0.1, -0.05) is 0 Å². The lowest BCUT2D eigenvalue weighted by Gasteiger charge is -2.33. The molecule has 1 aliphatic heterocycles. The lowest BCUT2D eigenvalue weighted by molar-refractivity contribution is -0.184. The van der Waals surface area contributed by atoms with Crippen LogP contribution in [0.3, 0.4) is 0 Å². The molecular weight excluding hydrogens is 276 g/mol. The lowest BCUT2D eigenvalue weighted by atomic mass is 9.97. The quantitative estimate of drug-likeness (QED) is 0.638. The van der Waals surface area contributed by atoms with Crippen LogP contribution in [0.2, 0.25) is 0 Å². The first-order valence-corrected chi connectivity index (χ1v) is 6.19. The summed E-state index contributed by atoms with van der Waals surface area (Å²) in [5.74, 6) is -2.83. The average Bonchev–Trinajstić information content (AvgIpc) is 2.36. The molecule has 110 valence electrons. The highest BCUT2D eigenvalue weighted by atomic mass is 19.4.